The number of halogens is 2. The minimum atomic E-state index is -0.776. The number of benzene rings is 1. The van der Waals surface area contributed by atoms with Crippen molar-refractivity contribution in [2.24, 2.45) is 5.92 Å². The van der Waals surface area contributed by atoms with Crippen LogP contribution in [0.4, 0.5) is 8.78 Å². The van der Waals surface area contributed by atoms with E-state index >= 15 is 0 Å². The molecule has 3 nitrogen and oxygen atoms in total. The van der Waals surface area contributed by atoms with E-state index in [1.807, 2.05) is 0 Å². The first-order valence-corrected chi connectivity index (χ1v) is 8.45. The zero-order valence-corrected chi connectivity index (χ0v) is 13.3. The first kappa shape index (κ1) is 16.8. The molecule has 2 aliphatic rings. The van der Waals surface area contributed by atoms with Gasteiger partial charge >= 0.3 is 0 Å². The first-order valence-electron chi connectivity index (χ1n) is 8.45. The van der Waals surface area contributed by atoms with Gasteiger partial charge in [0.2, 0.25) is 0 Å². The fourth-order valence-corrected chi connectivity index (χ4v) is 3.14. The van der Waals surface area contributed by atoms with Crippen LogP contribution in [-0.4, -0.2) is 32.2 Å². The van der Waals surface area contributed by atoms with Crippen molar-refractivity contribution in [1.82, 2.24) is 0 Å². The summed E-state index contributed by atoms with van der Waals surface area (Å²) in [5, 5.41) is 0. The first-order chi connectivity index (χ1) is 11.2. The topological polar surface area (TPSA) is 31.0 Å². The van der Waals surface area contributed by atoms with Crippen molar-refractivity contribution in [2.45, 2.75) is 50.7 Å². The van der Waals surface area contributed by atoms with Crippen LogP contribution in [0.1, 0.15) is 37.7 Å². The van der Waals surface area contributed by atoms with Gasteiger partial charge in [0.25, 0.3) is 0 Å². The van der Waals surface area contributed by atoms with Gasteiger partial charge in [-0.3, -0.25) is 0 Å². The summed E-state index contributed by atoms with van der Waals surface area (Å²) in [6.45, 7) is 1.79. The second-order valence-electron chi connectivity index (χ2n) is 6.54. The monoisotopic (exact) mass is 326 g/mol. The Labute approximate surface area is 135 Å². The molecular weight excluding hydrogens is 302 g/mol. The molecule has 1 aliphatic carbocycles. The summed E-state index contributed by atoms with van der Waals surface area (Å²) in [6.07, 6.45) is 6.74. The molecular formula is C18H24F2O3. The Morgan fingerprint density at radius 1 is 1.09 bits per heavy atom. The third kappa shape index (κ3) is 5.52. The highest BCUT2D eigenvalue weighted by molar-refractivity contribution is 5.17. The Hall–Kier alpha value is -1.04. The van der Waals surface area contributed by atoms with Crippen LogP contribution >= 0.6 is 0 Å². The zero-order valence-electron chi connectivity index (χ0n) is 13.3. The molecule has 0 amide bonds. The zero-order chi connectivity index (χ0) is 16.1. The van der Waals surface area contributed by atoms with Crippen molar-refractivity contribution in [1.29, 1.82) is 0 Å². The molecule has 3 rings (SSSR count). The van der Waals surface area contributed by atoms with Gasteiger partial charge in [-0.1, -0.05) is 6.07 Å². The largest absolute Gasteiger partial charge is 0.371 e. The maximum absolute atomic E-state index is 13.2. The molecule has 0 radical (unpaired) electrons. The number of ether oxygens (including phenoxy) is 3. The van der Waals surface area contributed by atoms with Crippen LogP contribution in [-0.2, 0) is 20.6 Å². The number of rotatable bonds is 8. The number of hydrogen-bond acceptors (Lipinski definition) is 3. The maximum atomic E-state index is 13.2. The molecule has 0 aromatic heterocycles. The summed E-state index contributed by atoms with van der Waals surface area (Å²) in [7, 11) is 0. The van der Waals surface area contributed by atoms with Crippen LogP contribution in [0, 0.1) is 17.6 Å². The van der Waals surface area contributed by atoms with E-state index in [0.29, 0.717) is 19.3 Å². The second kappa shape index (κ2) is 8.18. The fraction of sp³-hybridized carbons (Fsp3) is 0.667. The molecule has 1 aromatic rings. The van der Waals surface area contributed by atoms with Crippen molar-refractivity contribution < 1.29 is 23.0 Å². The molecule has 1 heterocycles. The van der Waals surface area contributed by atoms with Gasteiger partial charge in [-0.15, -0.1) is 0 Å². The van der Waals surface area contributed by atoms with Gasteiger partial charge in [-0.05, 0) is 62.1 Å². The quantitative estimate of drug-likeness (QED) is 0.413. The maximum Gasteiger partial charge on any atom is 0.159 e. The smallest absolute Gasteiger partial charge is 0.159 e. The fourth-order valence-electron chi connectivity index (χ4n) is 3.14. The third-order valence-electron chi connectivity index (χ3n) is 4.71. The molecule has 1 saturated heterocycles. The van der Waals surface area contributed by atoms with E-state index in [0.717, 1.165) is 50.7 Å². The van der Waals surface area contributed by atoms with Crippen molar-refractivity contribution in [3.8, 4) is 0 Å². The van der Waals surface area contributed by atoms with Crippen molar-refractivity contribution in [3.05, 3.63) is 35.4 Å². The minimum Gasteiger partial charge on any atom is -0.371 e. The standard InChI is InChI=1S/C18H24F2O3/c19-17-8-5-14(9-18(17)20)2-1-13-3-6-15(7-4-13)23-12-21-10-16-11-22-16/h5,8-9,13,15-16H,1-4,6-7,10-12H2. The second-order valence-corrected chi connectivity index (χ2v) is 6.54. The summed E-state index contributed by atoms with van der Waals surface area (Å²) >= 11 is 0. The van der Waals surface area contributed by atoms with Crippen LogP contribution in [0.2, 0.25) is 0 Å². The van der Waals surface area contributed by atoms with E-state index in [1.165, 1.54) is 12.1 Å². The average Bonchev–Trinajstić information content (AvgIpc) is 3.38. The molecule has 1 aromatic carbocycles. The van der Waals surface area contributed by atoms with Gasteiger partial charge in [0.1, 0.15) is 12.9 Å². The predicted octanol–water partition coefficient (Wildman–Crippen LogP) is 3.85. The SMILES string of the molecule is Fc1ccc(CCC2CCC(OCOCC3CO3)CC2)cc1F. The van der Waals surface area contributed by atoms with E-state index in [4.69, 9.17) is 14.2 Å². The molecule has 1 saturated carbocycles. The average molecular weight is 326 g/mol. The molecule has 1 aliphatic heterocycles. The van der Waals surface area contributed by atoms with Gasteiger partial charge in [0.15, 0.2) is 11.6 Å². The van der Waals surface area contributed by atoms with Gasteiger partial charge < -0.3 is 14.2 Å². The highest BCUT2D eigenvalue weighted by atomic mass is 19.2. The lowest BCUT2D eigenvalue weighted by atomic mass is 9.84. The Bertz CT molecular complexity index is 497. The number of aryl methyl sites for hydroxylation is 1. The molecule has 0 bridgehead atoms. The number of hydrogen-bond donors (Lipinski definition) is 0. The van der Waals surface area contributed by atoms with Crippen molar-refractivity contribution >= 4 is 0 Å². The predicted molar refractivity (Wildman–Crippen MR) is 82.1 cm³/mol. The van der Waals surface area contributed by atoms with Gasteiger partial charge in [0, 0.05) is 0 Å². The molecule has 23 heavy (non-hydrogen) atoms. The van der Waals surface area contributed by atoms with Crippen LogP contribution in [0.15, 0.2) is 18.2 Å². The van der Waals surface area contributed by atoms with E-state index in [2.05, 4.69) is 0 Å². The molecule has 128 valence electrons. The highest BCUT2D eigenvalue weighted by Gasteiger charge is 2.24. The minimum absolute atomic E-state index is 0.283. The molecule has 5 heteroatoms. The van der Waals surface area contributed by atoms with Crippen molar-refractivity contribution in [3.63, 3.8) is 0 Å². The highest BCUT2D eigenvalue weighted by Crippen LogP contribution is 2.29. The Morgan fingerprint density at radius 2 is 1.87 bits per heavy atom. The molecule has 0 N–H and O–H groups in total. The van der Waals surface area contributed by atoms with E-state index in [9.17, 15) is 8.78 Å². The molecule has 1 unspecified atom stereocenters. The Balaban J connectivity index is 1.30. The van der Waals surface area contributed by atoms with Crippen LogP contribution in [0.5, 0.6) is 0 Å². The molecule has 1 atom stereocenters. The summed E-state index contributed by atoms with van der Waals surface area (Å²) in [5.74, 6) is -0.887. The van der Waals surface area contributed by atoms with Crippen LogP contribution < -0.4 is 0 Å². The summed E-state index contributed by atoms with van der Waals surface area (Å²) in [5.41, 5.74) is 0.873. The molecule has 0 spiro atoms. The normalized spacial score (nSPS) is 27.1. The number of epoxide rings is 1. The summed E-state index contributed by atoms with van der Waals surface area (Å²) < 4.78 is 42.3. The van der Waals surface area contributed by atoms with Crippen LogP contribution in [0.25, 0.3) is 0 Å². The lowest BCUT2D eigenvalue weighted by Gasteiger charge is -2.28. The van der Waals surface area contributed by atoms with Crippen LogP contribution in [0.3, 0.4) is 0 Å². The van der Waals surface area contributed by atoms with E-state index < -0.39 is 11.6 Å². The van der Waals surface area contributed by atoms with E-state index in [-0.39, 0.29) is 12.2 Å². The van der Waals surface area contributed by atoms with E-state index in [1.54, 1.807) is 6.07 Å². The van der Waals surface area contributed by atoms with Gasteiger partial charge in [-0.2, -0.15) is 0 Å². The lowest BCUT2D eigenvalue weighted by molar-refractivity contribution is -0.104. The Morgan fingerprint density at radius 3 is 2.57 bits per heavy atom. The van der Waals surface area contributed by atoms with Crippen molar-refractivity contribution in [2.75, 3.05) is 20.0 Å². The van der Waals surface area contributed by atoms with Gasteiger partial charge in [-0.25, -0.2) is 8.78 Å². The lowest BCUT2D eigenvalue weighted by Crippen LogP contribution is -2.23. The molecule has 2 fully saturated rings. The summed E-state index contributed by atoms with van der Waals surface area (Å²) in [6, 6.07) is 4.20. The third-order valence-corrected chi connectivity index (χ3v) is 4.71. The Kier molecular flexibility index (Phi) is 5.97. The summed E-state index contributed by atoms with van der Waals surface area (Å²) in [4.78, 5) is 0. The van der Waals surface area contributed by atoms with Gasteiger partial charge in [0.05, 0.1) is 19.3 Å².